The van der Waals surface area contributed by atoms with E-state index in [1.807, 2.05) is 12.1 Å². The molecular formula is C17H22N2O2S. The minimum absolute atomic E-state index is 0.386. The predicted octanol–water partition coefficient (Wildman–Crippen LogP) is 2.91. The number of para-hydroxylation sites is 1. The maximum Gasteiger partial charge on any atom is 0.165 e. The Hall–Kier alpha value is -1.56. The summed E-state index contributed by atoms with van der Waals surface area (Å²) in [5.41, 5.74) is 1.15. The van der Waals surface area contributed by atoms with Crippen LogP contribution in [0.5, 0.6) is 11.5 Å². The van der Waals surface area contributed by atoms with Gasteiger partial charge in [-0.05, 0) is 31.6 Å². The van der Waals surface area contributed by atoms with Crippen molar-refractivity contribution in [3.05, 3.63) is 46.2 Å². The zero-order valence-corrected chi connectivity index (χ0v) is 13.9. The molecule has 2 heterocycles. The van der Waals surface area contributed by atoms with Crippen molar-refractivity contribution >= 4 is 11.3 Å². The average Bonchev–Trinajstić information content (AvgIpc) is 3.05. The van der Waals surface area contributed by atoms with Crippen LogP contribution >= 0.6 is 11.3 Å². The number of hydrogen-bond donors (Lipinski definition) is 1. The minimum atomic E-state index is 0.386. The zero-order valence-electron chi connectivity index (χ0n) is 13.0. The standard InChI is InChI=1S/C17H22N2O2S/c1-19(2)14(16-7-4-10-22-16)12-18-11-13-5-3-6-15-17(13)21-9-8-20-15/h3-7,10,14,18H,8-9,11-12H2,1-2H3. The van der Waals surface area contributed by atoms with Crippen LogP contribution in [0.25, 0.3) is 0 Å². The normalized spacial score (nSPS) is 15.0. The largest absolute Gasteiger partial charge is 0.486 e. The number of ether oxygens (including phenoxy) is 2. The highest BCUT2D eigenvalue weighted by Gasteiger charge is 2.17. The van der Waals surface area contributed by atoms with Crippen LogP contribution in [0.4, 0.5) is 0 Å². The molecule has 0 saturated heterocycles. The molecule has 1 aromatic carbocycles. The van der Waals surface area contributed by atoms with Crippen LogP contribution in [0.1, 0.15) is 16.5 Å². The van der Waals surface area contributed by atoms with Gasteiger partial charge in [0.1, 0.15) is 13.2 Å². The van der Waals surface area contributed by atoms with Gasteiger partial charge in [-0.3, -0.25) is 0 Å². The number of benzene rings is 1. The van der Waals surface area contributed by atoms with E-state index >= 15 is 0 Å². The van der Waals surface area contributed by atoms with Crippen molar-refractivity contribution in [3.63, 3.8) is 0 Å². The van der Waals surface area contributed by atoms with Gasteiger partial charge in [-0.1, -0.05) is 18.2 Å². The van der Waals surface area contributed by atoms with E-state index in [1.165, 1.54) is 4.88 Å². The fourth-order valence-corrected chi connectivity index (χ4v) is 3.56. The van der Waals surface area contributed by atoms with Crippen LogP contribution in [0, 0.1) is 0 Å². The summed E-state index contributed by atoms with van der Waals surface area (Å²) in [5, 5.41) is 5.68. The Morgan fingerprint density at radius 2 is 2.05 bits per heavy atom. The van der Waals surface area contributed by atoms with Crippen molar-refractivity contribution in [2.24, 2.45) is 0 Å². The fourth-order valence-electron chi connectivity index (χ4n) is 2.64. The first kappa shape index (κ1) is 15.3. The summed E-state index contributed by atoms with van der Waals surface area (Å²) in [4.78, 5) is 3.63. The number of fused-ring (bicyclic) bond motifs is 1. The predicted molar refractivity (Wildman–Crippen MR) is 89.9 cm³/mol. The molecule has 1 unspecified atom stereocenters. The molecule has 22 heavy (non-hydrogen) atoms. The monoisotopic (exact) mass is 318 g/mol. The van der Waals surface area contributed by atoms with Crippen molar-refractivity contribution in [2.75, 3.05) is 33.9 Å². The molecule has 0 bridgehead atoms. The summed E-state index contributed by atoms with van der Waals surface area (Å²) in [7, 11) is 4.24. The van der Waals surface area contributed by atoms with Crippen molar-refractivity contribution < 1.29 is 9.47 Å². The summed E-state index contributed by atoms with van der Waals surface area (Å²) >= 11 is 1.80. The van der Waals surface area contributed by atoms with Gasteiger partial charge in [0, 0.05) is 23.5 Å². The molecule has 2 aromatic rings. The lowest BCUT2D eigenvalue weighted by molar-refractivity contribution is 0.169. The molecule has 3 rings (SSSR count). The van der Waals surface area contributed by atoms with Gasteiger partial charge in [-0.2, -0.15) is 0 Å². The van der Waals surface area contributed by atoms with Crippen molar-refractivity contribution in [2.45, 2.75) is 12.6 Å². The van der Waals surface area contributed by atoms with Gasteiger partial charge in [0.2, 0.25) is 0 Å². The molecule has 118 valence electrons. The van der Waals surface area contributed by atoms with Crippen LogP contribution < -0.4 is 14.8 Å². The van der Waals surface area contributed by atoms with Gasteiger partial charge in [0.25, 0.3) is 0 Å². The van der Waals surface area contributed by atoms with Crippen LogP contribution in [0.3, 0.4) is 0 Å². The maximum atomic E-state index is 5.76. The molecular weight excluding hydrogens is 296 g/mol. The first-order valence-corrected chi connectivity index (χ1v) is 8.41. The number of hydrogen-bond acceptors (Lipinski definition) is 5. The van der Waals surface area contributed by atoms with Gasteiger partial charge in [0.15, 0.2) is 11.5 Å². The second kappa shape index (κ2) is 7.13. The lowest BCUT2D eigenvalue weighted by Gasteiger charge is -2.25. The third-order valence-corrected chi connectivity index (χ3v) is 4.77. The Labute approximate surface area is 135 Å². The Balaban J connectivity index is 1.63. The molecule has 1 atom stereocenters. The van der Waals surface area contributed by atoms with E-state index in [9.17, 15) is 0 Å². The Bertz CT molecular complexity index is 599. The fraction of sp³-hybridized carbons (Fsp3) is 0.412. The summed E-state index contributed by atoms with van der Waals surface area (Å²) in [6.07, 6.45) is 0. The molecule has 1 aliphatic heterocycles. The molecule has 4 nitrogen and oxygen atoms in total. The Kier molecular flexibility index (Phi) is 4.97. The van der Waals surface area contributed by atoms with Crippen molar-refractivity contribution in [1.29, 1.82) is 0 Å². The lowest BCUT2D eigenvalue weighted by atomic mass is 10.1. The first-order valence-electron chi connectivity index (χ1n) is 7.53. The number of nitrogens with zero attached hydrogens (tertiary/aromatic N) is 1. The summed E-state index contributed by atoms with van der Waals surface area (Å²) in [6, 6.07) is 10.8. The quantitative estimate of drug-likeness (QED) is 0.888. The third kappa shape index (κ3) is 3.43. The lowest BCUT2D eigenvalue weighted by Crippen LogP contribution is -2.30. The molecule has 0 radical (unpaired) electrons. The molecule has 1 N–H and O–H groups in total. The highest BCUT2D eigenvalue weighted by molar-refractivity contribution is 7.10. The van der Waals surface area contributed by atoms with Gasteiger partial charge in [-0.25, -0.2) is 0 Å². The van der Waals surface area contributed by atoms with E-state index in [1.54, 1.807) is 11.3 Å². The number of thiophene rings is 1. The second-order valence-corrected chi connectivity index (χ2v) is 6.55. The second-order valence-electron chi connectivity index (χ2n) is 5.57. The van der Waals surface area contributed by atoms with Gasteiger partial charge >= 0.3 is 0 Å². The van der Waals surface area contributed by atoms with Crippen molar-refractivity contribution in [1.82, 2.24) is 10.2 Å². The smallest absolute Gasteiger partial charge is 0.165 e. The van der Waals surface area contributed by atoms with Crippen LogP contribution in [0.2, 0.25) is 0 Å². The highest BCUT2D eigenvalue weighted by atomic mass is 32.1. The van der Waals surface area contributed by atoms with Crippen molar-refractivity contribution in [3.8, 4) is 11.5 Å². The average molecular weight is 318 g/mol. The van der Waals surface area contributed by atoms with E-state index in [-0.39, 0.29) is 0 Å². The first-order chi connectivity index (χ1) is 10.8. The molecule has 0 saturated carbocycles. The highest BCUT2D eigenvalue weighted by Crippen LogP contribution is 2.33. The number of likely N-dealkylation sites (N-methyl/N-ethyl adjacent to an activating group) is 1. The van der Waals surface area contributed by atoms with Crippen LogP contribution in [-0.2, 0) is 6.54 Å². The molecule has 0 amide bonds. The van der Waals surface area contributed by atoms with Gasteiger partial charge < -0.3 is 19.7 Å². The molecule has 1 aliphatic rings. The third-order valence-electron chi connectivity index (χ3n) is 3.80. The maximum absolute atomic E-state index is 5.76. The Morgan fingerprint density at radius 3 is 2.82 bits per heavy atom. The number of nitrogens with one attached hydrogen (secondary N) is 1. The minimum Gasteiger partial charge on any atom is -0.486 e. The zero-order chi connectivity index (χ0) is 15.4. The van der Waals surface area contributed by atoms with Gasteiger partial charge in [-0.15, -0.1) is 11.3 Å². The Morgan fingerprint density at radius 1 is 1.18 bits per heavy atom. The summed E-state index contributed by atoms with van der Waals surface area (Å²) < 4.78 is 11.4. The topological polar surface area (TPSA) is 33.7 Å². The molecule has 1 aromatic heterocycles. The number of rotatable bonds is 6. The van der Waals surface area contributed by atoms with E-state index in [0.717, 1.165) is 30.2 Å². The van der Waals surface area contributed by atoms with E-state index < -0.39 is 0 Å². The van der Waals surface area contributed by atoms with Crippen LogP contribution in [0.15, 0.2) is 35.7 Å². The molecule has 0 aliphatic carbocycles. The molecule has 0 fully saturated rings. The molecule has 5 heteroatoms. The SMILES string of the molecule is CN(C)C(CNCc1cccc2c1OCCO2)c1cccs1. The van der Waals surface area contributed by atoms with E-state index in [2.05, 4.69) is 47.9 Å². The molecule has 0 spiro atoms. The summed E-state index contributed by atoms with van der Waals surface area (Å²) in [6.45, 7) is 2.94. The van der Waals surface area contributed by atoms with Gasteiger partial charge in [0.05, 0.1) is 6.04 Å². The summed E-state index contributed by atoms with van der Waals surface area (Å²) in [5.74, 6) is 1.74. The van der Waals surface area contributed by atoms with E-state index in [0.29, 0.717) is 19.3 Å². The van der Waals surface area contributed by atoms with Crippen LogP contribution in [-0.4, -0.2) is 38.8 Å². The van der Waals surface area contributed by atoms with E-state index in [4.69, 9.17) is 9.47 Å².